The molecule has 1 aliphatic heterocycles. The molecule has 2 heterocycles. The summed E-state index contributed by atoms with van der Waals surface area (Å²) in [5, 5.41) is 14.8. The number of para-hydroxylation sites is 1. The fraction of sp³-hybridized carbons (Fsp3) is 0.560. The summed E-state index contributed by atoms with van der Waals surface area (Å²) in [6.45, 7) is 2.34. The molecule has 7 rings (SSSR count). The second-order valence-electron chi connectivity index (χ2n) is 10.5. The number of hydrogen-bond donors (Lipinski definition) is 1. The Bertz CT molecular complexity index is 1180. The van der Waals surface area contributed by atoms with Crippen molar-refractivity contribution in [3.05, 3.63) is 51.7 Å². The number of aliphatic carboxylic acids is 1. The first-order chi connectivity index (χ1) is 16.4. The number of carboxylic acids is 1. The Labute approximate surface area is 202 Å². The minimum atomic E-state index is -0.832. The SMILES string of the molecule is O=C(O)[C@@H]1C2C[C@@H]3C[C@H](C2)CC1(n1ncc(N2CCN(c4ccccc4F)CC2)c(Cl)c1=O)C3. The van der Waals surface area contributed by atoms with Crippen LogP contribution in [0.4, 0.5) is 15.8 Å². The number of piperazine rings is 1. The first-order valence-electron chi connectivity index (χ1n) is 12.1. The third-order valence-corrected chi connectivity index (χ3v) is 9.03. The number of hydrogen-bond acceptors (Lipinski definition) is 5. The molecule has 1 aromatic heterocycles. The van der Waals surface area contributed by atoms with Crippen molar-refractivity contribution < 1.29 is 14.3 Å². The van der Waals surface area contributed by atoms with Crippen LogP contribution < -0.4 is 15.4 Å². The van der Waals surface area contributed by atoms with Crippen LogP contribution >= 0.6 is 11.6 Å². The highest BCUT2D eigenvalue weighted by atomic mass is 35.5. The molecule has 9 heteroatoms. The normalized spacial score (nSPS) is 32.3. The van der Waals surface area contributed by atoms with Crippen molar-refractivity contribution >= 4 is 28.9 Å². The van der Waals surface area contributed by atoms with Crippen LogP contribution in [0.15, 0.2) is 35.3 Å². The first kappa shape index (κ1) is 21.9. The number of anilines is 2. The molecule has 1 N–H and O–H groups in total. The van der Waals surface area contributed by atoms with Crippen molar-refractivity contribution in [3.63, 3.8) is 0 Å². The first-order valence-corrected chi connectivity index (χ1v) is 12.5. The fourth-order valence-corrected chi connectivity index (χ4v) is 7.84. The zero-order chi connectivity index (χ0) is 23.6. The number of halogens is 2. The molecule has 2 aromatic rings. The van der Waals surface area contributed by atoms with Gasteiger partial charge in [-0.3, -0.25) is 9.59 Å². The third-order valence-electron chi connectivity index (χ3n) is 8.68. The van der Waals surface area contributed by atoms with E-state index < -0.39 is 23.0 Å². The third kappa shape index (κ3) is 3.25. The van der Waals surface area contributed by atoms with E-state index in [2.05, 4.69) is 5.10 Å². The van der Waals surface area contributed by atoms with Crippen LogP contribution in [-0.2, 0) is 10.3 Å². The Morgan fingerprint density at radius 1 is 1.03 bits per heavy atom. The minimum absolute atomic E-state index is 0.0919. The van der Waals surface area contributed by atoms with Crippen molar-refractivity contribution in [1.82, 2.24) is 9.78 Å². The summed E-state index contributed by atoms with van der Waals surface area (Å²) in [5.74, 6) is -0.679. The summed E-state index contributed by atoms with van der Waals surface area (Å²) < 4.78 is 15.6. The summed E-state index contributed by atoms with van der Waals surface area (Å²) in [6, 6.07) is 6.72. The maximum atomic E-state index is 14.2. The number of carbonyl (C=O) groups is 1. The molecule has 4 saturated carbocycles. The Morgan fingerprint density at radius 3 is 2.26 bits per heavy atom. The van der Waals surface area contributed by atoms with Crippen LogP contribution in [0, 0.1) is 29.5 Å². The van der Waals surface area contributed by atoms with Crippen LogP contribution in [-0.4, -0.2) is 47.0 Å². The van der Waals surface area contributed by atoms with Crippen LogP contribution in [0.25, 0.3) is 0 Å². The van der Waals surface area contributed by atoms with Crippen LogP contribution in [0.3, 0.4) is 0 Å². The topological polar surface area (TPSA) is 78.7 Å². The number of carboxylic acid groups (broad SMARTS) is 1. The number of benzene rings is 1. The smallest absolute Gasteiger partial charge is 0.309 e. The lowest BCUT2D eigenvalue weighted by molar-refractivity contribution is -0.168. The molecular weight excluding hydrogens is 459 g/mol. The highest BCUT2D eigenvalue weighted by Gasteiger charge is 2.61. The molecule has 5 aliphatic rings. The molecule has 4 bridgehead atoms. The monoisotopic (exact) mass is 486 g/mol. The molecule has 5 fully saturated rings. The maximum Gasteiger partial charge on any atom is 0.309 e. The molecule has 1 aromatic carbocycles. The number of nitrogens with zero attached hydrogens (tertiary/aromatic N) is 4. The lowest BCUT2D eigenvalue weighted by atomic mass is 9.48. The Morgan fingerprint density at radius 2 is 1.65 bits per heavy atom. The predicted octanol–water partition coefficient (Wildman–Crippen LogP) is 3.60. The summed E-state index contributed by atoms with van der Waals surface area (Å²) in [5.41, 5.74) is -0.0523. The molecule has 4 aliphatic carbocycles. The van der Waals surface area contributed by atoms with Gasteiger partial charge < -0.3 is 14.9 Å². The Hall–Kier alpha value is -2.61. The summed E-state index contributed by atoms with van der Waals surface area (Å²) in [7, 11) is 0. The quantitative estimate of drug-likeness (QED) is 0.711. The van der Waals surface area contributed by atoms with E-state index in [9.17, 15) is 19.1 Å². The molecule has 7 nitrogen and oxygen atoms in total. The summed E-state index contributed by atoms with van der Waals surface area (Å²) in [6.07, 6.45) is 5.98. The predicted molar refractivity (Wildman–Crippen MR) is 127 cm³/mol. The number of aromatic nitrogens is 2. The van der Waals surface area contributed by atoms with Crippen molar-refractivity contribution in [2.75, 3.05) is 36.0 Å². The second-order valence-corrected chi connectivity index (χ2v) is 10.9. The van der Waals surface area contributed by atoms with Crippen molar-refractivity contribution in [1.29, 1.82) is 0 Å². The average Bonchev–Trinajstić information content (AvgIpc) is 2.80. The van der Waals surface area contributed by atoms with Crippen LogP contribution in [0.1, 0.15) is 32.1 Å². The van der Waals surface area contributed by atoms with Gasteiger partial charge in [0.25, 0.3) is 5.56 Å². The molecule has 2 unspecified atom stereocenters. The van der Waals surface area contributed by atoms with E-state index in [0.29, 0.717) is 62.2 Å². The fourth-order valence-electron chi connectivity index (χ4n) is 7.59. The summed E-state index contributed by atoms with van der Waals surface area (Å²) >= 11 is 6.64. The zero-order valence-electron chi connectivity index (χ0n) is 18.9. The van der Waals surface area contributed by atoms with E-state index in [1.807, 2.05) is 15.9 Å². The molecule has 180 valence electrons. The molecule has 0 spiro atoms. The van der Waals surface area contributed by atoms with E-state index in [4.69, 9.17) is 11.6 Å². The average molecular weight is 487 g/mol. The zero-order valence-corrected chi connectivity index (χ0v) is 19.6. The van der Waals surface area contributed by atoms with Gasteiger partial charge in [-0.2, -0.15) is 5.10 Å². The van der Waals surface area contributed by atoms with Gasteiger partial charge in [0, 0.05) is 26.2 Å². The lowest BCUT2D eigenvalue weighted by Crippen LogP contribution is -2.63. The van der Waals surface area contributed by atoms with Gasteiger partial charge in [0.05, 0.1) is 29.0 Å². The number of rotatable bonds is 4. The van der Waals surface area contributed by atoms with Gasteiger partial charge in [-0.1, -0.05) is 23.7 Å². The van der Waals surface area contributed by atoms with Gasteiger partial charge in [0.1, 0.15) is 10.8 Å². The molecule has 34 heavy (non-hydrogen) atoms. The van der Waals surface area contributed by atoms with E-state index in [-0.39, 0.29) is 16.8 Å². The molecule has 0 radical (unpaired) electrons. The highest BCUT2D eigenvalue weighted by Crippen LogP contribution is 2.61. The van der Waals surface area contributed by atoms with Crippen molar-refractivity contribution in [2.45, 2.75) is 37.6 Å². The van der Waals surface area contributed by atoms with Gasteiger partial charge >= 0.3 is 5.97 Å². The second kappa shape index (κ2) is 7.97. The molecule has 5 atom stereocenters. The van der Waals surface area contributed by atoms with Crippen molar-refractivity contribution in [3.8, 4) is 0 Å². The van der Waals surface area contributed by atoms with E-state index >= 15 is 0 Å². The van der Waals surface area contributed by atoms with Gasteiger partial charge in [-0.15, -0.1) is 0 Å². The largest absolute Gasteiger partial charge is 0.481 e. The maximum absolute atomic E-state index is 14.2. The Balaban J connectivity index is 1.29. The molecule has 0 amide bonds. The molecule has 1 saturated heterocycles. The van der Waals surface area contributed by atoms with Gasteiger partial charge in [-0.05, 0) is 62.0 Å². The van der Waals surface area contributed by atoms with E-state index in [1.165, 1.54) is 10.7 Å². The van der Waals surface area contributed by atoms with E-state index in [0.717, 1.165) is 19.3 Å². The van der Waals surface area contributed by atoms with E-state index in [1.54, 1.807) is 18.3 Å². The van der Waals surface area contributed by atoms with Crippen molar-refractivity contribution in [2.24, 2.45) is 23.7 Å². The van der Waals surface area contributed by atoms with Gasteiger partial charge in [0.15, 0.2) is 0 Å². The highest BCUT2D eigenvalue weighted by molar-refractivity contribution is 6.33. The minimum Gasteiger partial charge on any atom is -0.481 e. The Kier molecular flexibility index (Phi) is 5.13. The standard InChI is InChI=1S/C25H28ClFN4O3/c26-22-20(30-7-5-29(6-8-30)19-4-2-1-3-18(19)27)14-28-31(23(22)32)25-12-15-9-16(13-25)11-17(10-15)21(25)24(33)34/h1-4,14-17,21H,5-13H2,(H,33,34)/t15-,16+,17?,21-,25?/m0/s1. The van der Waals surface area contributed by atoms with Gasteiger partial charge in [0.2, 0.25) is 0 Å². The van der Waals surface area contributed by atoms with Gasteiger partial charge in [-0.25, -0.2) is 9.07 Å². The van der Waals surface area contributed by atoms with Crippen LogP contribution in [0.2, 0.25) is 5.02 Å². The summed E-state index contributed by atoms with van der Waals surface area (Å²) in [4.78, 5) is 29.9. The molecular formula is C25H28ClFN4O3. The lowest BCUT2D eigenvalue weighted by Gasteiger charge is -2.59. The van der Waals surface area contributed by atoms with Crippen LogP contribution in [0.5, 0.6) is 0 Å².